The standard InChI is InChI=1S/C19H29N3O3S/c1-16(19(23)20-17-8-4-2-5-9-17)21-12-14-22(15-13-21)26(24,25)18-10-6-3-7-11-18/h3,6-7,10-11,16-17H,2,4-5,8-9,12-15H2,1H3,(H,20,23). The predicted octanol–water partition coefficient (Wildman–Crippen LogP) is 1.83. The van der Waals surface area contributed by atoms with Crippen LogP contribution in [0.4, 0.5) is 0 Å². The Morgan fingerprint density at radius 2 is 1.65 bits per heavy atom. The van der Waals surface area contributed by atoms with Crippen molar-refractivity contribution >= 4 is 15.9 Å². The zero-order chi connectivity index (χ0) is 18.6. The molecular formula is C19H29N3O3S. The highest BCUT2D eigenvalue weighted by Gasteiger charge is 2.32. The summed E-state index contributed by atoms with van der Waals surface area (Å²) in [6.07, 6.45) is 5.79. The van der Waals surface area contributed by atoms with Gasteiger partial charge in [-0.15, -0.1) is 0 Å². The minimum Gasteiger partial charge on any atom is -0.352 e. The SMILES string of the molecule is CC(C(=O)NC1CCCCC1)N1CCN(S(=O)(=O)c2ccccc2)CC1. The molecule has 1 aliphatic heterocycles. The van der Waals surface area contributed by atoms with E-state index in [9.17, 15) is 13.2 Å². The number of benzene rings is 1. The van der Waals surface area contributed by atoms with Gasteiger partial charge in [0.25, 0.3) is 0 Å². The molecule has 3 rings (SSSR count). The molecular weight excluding hydrogens is 350 g/mol. The van der Waals surface area contributed by atoms with Crippen molar-refractivity contribution in [1.29, 1.82) is 0 Å². The number of carbonyl (C=O) groups is 1. The van der Waals surface area contributed by atoms with Crippen LogP contribution >= 0.6 is 0 Å². The molecule has 26 heavy (non-hydrogen) atoms. The normalized spacial score (nSPS) is 22.0. The number of nitrogens with zero attached hydrogens (tertiary/aromatic N) is 2. The van der Waals surface area contributed by atoms with Crippen LogP contribution in [0.2, 0.25) is 0 Å². The molecule has 7 heteroatoms. The first-order chi connectivity index (χ1) is 12.5. The lowest BCUT2D eigenvalue weighted by Gasteiger charge is -2.37. The van der Waals surface area contributed by atoms with Crippen molar-refractivity contribution in [2.45, 2.75) is 56.0 Å². The number of carbonyl (C=O) groups excluding carboxylic acids is 1. The van der Waals surface area contributed by atoms with E-state index in [1.165, 1.54) is 23.6 Å². The quantitative estimate of drug-likeness (QED) is 0.847. The maximum absolute atomic E-state index is 12.7. The summed E-state index contributed by atoms with van der Waals surface area (Å²) < 4.78 is 26.9. The van der Waals surface area contributed by atoms with E-state index in [4.69, 9.17) is 0 Å². The molecule has 0 bridgehead atoms. The highest BCUT2D eigenvalue weighted by Crippen LogP contribution is 2.19. The van der Waals surface area contributed by atoms with Crippen LogP contribution in [0, 0.1) is 0 Å². The van der Waals surface area contributed by atoms with E-state index in [1.807, 2.05) is 13.0 Å². The van der Waals surface area contributed by atoms with E-state index in [-0.39, 0.29) is 11.9 Å². The lowest BCUT2D eigenvalue weighted by atomic mass is 9.95. The Balaban J connectivity index is 1.53. The second-order valence-electron chi connectivity index (χ2n) is 7.27. The predicted molar refractivity (Wildman–Crippen MR) is 101 cm³/mol. The fourth-order valence-electron chi connectivity index (χ4n) is 3.81. The molecule has 1 saturated carbocycles. The molecule has 1 aliphatic carbocycles. The Kier molecular flexibility index (Phi) is 6.32. The first-order valence-corrected chi connectivity index (χ1v) is 11.0. The molecule has 1 N–H and O–H groups in total. The third-order valence-electron chi connectivity index (χ3n) is 5.53. The molecule has 0 radical (unpaired) electrons. The third kappa shape index (κ3) is 4.45. The molecule has 1 aromatic rings. The molecule has 2 fully saturated rings. The summed E-state index contributed by atoms with van der Waals surface area (Å²) in [4.78, 5) is 14.9. The molecule has 6 nitrogen and oxygen atoms in total. The molecule has 144 valence electrons. The van der Waals surface area contributed by atoms with E-state index in [1.54, 1.807) is 24.3 Å². The Bertz CT molecular complexity index is 694. The highest BCUT2D eigenvalue weighted by molar-refractivity contribution is 7.89. The first kappa shape index (κ1) is 19.3. The fourth-order valence-corrected chi connectivity index (χ4v) is 5.25. The van der Waals surface area contributed by atoms with Gasteiger partial charge in [-0.3, -0.25) is 9.69 Å². The van der Waals surface area contributed by atoms with Gasteiger partial charge in [-0.2, -0.15) is 4.31 Å². The first-order valence-electron chi connectivity index (χ1n) is 9.58. The van der Waals surface area contributed by atoms with Crippen molar-refractivity contribution < 1.29 is 13.2 Å². The molecule has 1 unspecified atom stereocenters. The van der Waals surface area contributed by atoms with Gasteiger partial charge in [-0.25, -0.2) is 8.42 Å². The van der Waals surface area contributed by atoms with Gasteiger partial charge in [0.1, 0.15) is 0 Å². The van der Waals surface area contributed by atoms with Crippen molar-refractivity contribution in [1.82, 2.24) is 14.5 Å². The Hall–Kier alpha value is -1.44. The summed E-state index contributed by atoms with van der Waals surface area (Å²) in [5.41, 5.74) is 0. The molecule has 1 heterocycles. The number of piperazine rings is 1. The van der Waals surface area contributed by atoms with Crippen molar-refractivity contribution in [3.63, 3.8) is 0 Å². The van der Waals surface area contributed by atoms with Crippen LogP contribution in [0.15, 0.2) is 35.2 Å². The lowest BCUT2D eigenvalue weighted by molar-refractivity contribution is -0.127. The lowest BCUT2D eigenvalue weighted by Crippen LogP contribution is -2.55. The van der Waals surface area contributed by atoms with Gasteiger partial charge in [0.2, 0.25) is 15.9 Å². The minimum atomic E-state index is -3.45. The van der Waals surface area contributed by atoms with Gasteiger partial charge >= 0.3 is 0 Å². The zero-order valence-corrected chi connectivity index (χ0v) is 16.2. The van der Waals surface area contributed by atoms with Crippen LogP contribution in [0.1, 0.15) is 39.0 Å². The van der Waals surface area contributed by atoms with Crippen molar-refractivity contribution in [3.8, 4) is 0 Å². The molecule has 1 aromatic carbocycles. The van der Waals surface area contributed by atoms with Gasteiger partial charge in [-0.05, 0) is 31.9 Å². The number of amides is 1. The topological polar surface area (TPSA) is 69.7 Å². The average Bonchev–Trinajstić information content (AvgIpc) is 2.69. The number of hydrogen-bond donors (Lipinski definition) is 1. The van der Waals surface area contributed by atoms with Gasteiger partial charge < -0.3 is 5.32 Å². The van der Waals surface area contributed by atoms with Crippen molar-refractivity contribution in [2.75, 3.05) is 26.2 Å². The van der Waals surface area contributed by atoms with Crippen LogP contribution < -0.4 is 5.32 Å². The summed E-state index contributed by atoms with van der Waals surface area (Å²) in [7, 11) is -3.45. The summed E-state index contributed by atoms with van der Waals surface area (Å²) in [6.45, 7) is 3.90. The summed E-state index contributed by atoms with van der Waals surface area (Å²) in [5, 5.41) is 3.17. The van der Waals surface area contributed by atoms with E-state index in [2.05, 4.69) is 10.2 Å². The van der Waals surface area contributed by atoms with Crippen LogP contribution in [0.3, 0.4) is 0 Å². The van der Waals surface area contributed by atoms with Crippen molar-refractivity contribution in [2.24, 2.45) is 0 Å². The molecule has 2 aliphatic rings. The highest BCUT2D eigenvalue weighted by atomic mass is 32.2. The molecule has 0 spiro atoms. The van der Waals surface area contributed by atoms with Gasteiger partial charge in [0.15, 0.2) is 0 Å². The van der Waals surface area contributed by atoms with Crippen LogP contribution in [0.25, 0.3) is 0 Å². The smallest absolute Gasteiger partial charge is 0.243 e. The maximum atomic E-state index is 12.7. The maximum Gasteiger partial charge on any atom is 0.243 e. The molecule has 1 saturated heterocycles. The van der Waals surface area contributed by atoms with Gasteiger partial charge in [0, 0.05) is 32.2 Å². The second kappa shape index (κ2) is 8.50. The largest absolute Gasteiger partial charge is 0.352 e. The number of sulfonamides is 1. The van der Waals surface area contributed by atoms with E-state index < -0.39 is 10.0 Å². The Labute approximate surface area is 156 Å². The Morgan fingerprint density at radius 1 is 1.04 bits per heavy atom. The zero-order valence-electron chi connectivity index (χ0n) is 15.4. The fraction of sp³-hybridized carbons (Fsp3) is 0.632. The Morgan fingerprint density at radius 3 is 2.27 bits per heavy atom. The second-order valence-corrected chi connectivity index (χ2v) is 9.21. The van der Waals surface area contributed by atoms with Gasteiger partial charge in [-0.1, -0.05) is 37.5 Å². The van der Waals surface area contributed by atoms with Crippen molar-refractivity contribution in [3.05, 3.63) is 30.3 Å². The summed E-state index contributed by atoms with van der Waals surface area (Å²) in [6, 6.07) is 8.62. The summed E-state index contributed by atoms with van der Waals surface area (Å²) >= 11 is 0. The molecule has 1 amide bonds. The van der Waals surface area contributed by atoms with Crippen LogP contribution in [-0.2, 0) is 14.8 Å². The molecule has 1 atom stereocenters. The summed E-state index contributed by atoms with van der Waals surface area (Å²) in [5.74, 6) is 0.0660. The van der Waals surface area contributed by atoms with Crippen LogP contribution in [0.5, 0.6) is 0 Å². The minimum absolute atomic E-state index is 0.0660. The van der Waals surface area contributed by atoms with E-state index >= 15 is 0 Å². The van der Waals surface area contributed by atoms with Gasteiger partial charge in [0.05, 0.1) is 10.9 Å². The average molecular weight is 380 g/mol. The van der Waals surface area contributed by atoms with E-state index in [0.717, 1.165) is 12.8 Å². The number of rotatable bonds is 5. The monoisotopic (exact) mass is 379 g/mol. The number of hydrogen-bond acceptors (Lipinski definition) is 4. The van der Waals surface area contributed by atoms with E-state index in [0.29, 0.717) is 37.1 Å². The number of nitrogens with one attached hydrogen (secondary N) is 1. The third-order valence-corrected chi connectivity index (χ3v) is 7.45. The molecule has 0 aromatic heterocycles. The van der Waals surface area contributed by atoms with Crippen LogP contribution in [-0.4, -0.2) is 61.8 Å².